The maximum atomic E-state index is 12.7. The van der Waals surface area contributed by atoms with Gasteiger partial charge in [-0.05, 0) is 52.0 Å². The van der Waals surface area contributed by atoms with Crippen LogP contribution in [-0.2, 0) is 11.3 Å². The highest BCUT2D eigenvalue weighted by Crippen LogP contribution is 2.27. The van der Waals surface area contributed by atoms with E-state index in [-0.39, 0.29) is 12.1 Å². The Hall–Kier alpha value is -2.41. The minimum absolute atomic E-state index is 0.140. The molecule has 3 aliphatic heterocycles. The molecule has 6 heteroatoms. The van der Waals surface area contributed by atoms with E-state index in [2.05, 4.69) is 52.0 Å². The monoisotopic (exact) mass is 534 g/mol. The third-order valence-electron chi connectivity index (χ3n) is 8.33. The van der Waals surface area contributed by atoms with Crippen LogP contribution >= 0.6 is 0 Å². The lowest BCUT2D eigenvalue weighted by molar-refractivity contribution is -0.00926. The molecule has 2 aromatic rings. The third-order valence-corrected chi connectivity index (χ3v) is 8.33. The molecule has 0 N–H and O–H groups in total. The number of ether oxygens (including phenoxy) is 1. The van der Waals surface area contributed by atoms with Gasteiger partial charge in [0.15, 0.2) is 0 Å². The average molecular weight is 535 g/mol. The number of hydrogen-bond donors (Lipinski definition) is 0. The molecule has 3 unspecified atom stereocenters. The van der Waals surface area contributed by atoms with Gasteiger partial charge in [0.05, 0.1) is 0 Å². The van der Waals surface area contributed by atoms with E-state index in [1.165, 1.54) is 38.2 Å². The summed E-state index contributed by atoms with van der Waals surface area (Å²) >= 11 is 0. The first kappa shape index (κ1) is 29.6. The van der Waals surface area contributed by atoms with Crippen molar-refractivity contribution in [1.82, 2.24) is 19.6 Å². The fraction of sp³-hybridized carbons (Fsp3) is 0.606. The number of piperidine rings is 1. The molecular formula is C33H50N4O2. The zero-order valence-electron chi connectivity index (χ0n) is 24.7. The lowest BCUT2D eigenvalue weighted by Crippen LogP contribution is -2.58. The zero-order chi connectivity index (χ0) is 27.7. The summed E-state index contributed by atoms with van der Waals surface area (Å²) in [4.78, 5) is 22.7. The highest BCUT2D eigenvalue weighted by atomic mass is 16.6. The first-order valence-corrected chi connectivity index (χ1v) is 15.1. The highest BCUT2D eigenvalue weighted by Gasteiger charge is 2.37. The van der Waals surface area contributed by atoms with Gasteiger partial charge in [0.25, 0.3) is 0 Å². The van der Waals surface area contributed by atoms with E-state index in [9.17, 15) is 4.79 Å². The Morgan fingerprint density at radius 2 is 1.33 bits per heavy atom. The molecule has 39 heavy (non-hydrogen) atoms. The van der Waals surface area contributed by atoms with Crippen LogP contribution in [0.4, 0.5) is 4.79 Å². The second-order valence-corrected chi connectivity index (χ2v) is 12.3. The normalized spacial score (nSPS) is 25.1. The molecular weight excluding hydrogens is 484 g/mol. The van der Waals surface area contributed by atoms with Crippen LogP contribution in [0.1, 0.15) is 58.9 Å². The molecule has 0 aromatic heterocycles. The van der Waals surface area contributed by atoms with Crippen LogP contribution in [0.15, 0.2) is 66.7 Å². The number of carbonyl (C=O) groups excluding carboxylic acids is 1. The van der Waals surface area contributed by atoms with Gasteiger partial charge in [-0.25, -0.2) is 4.79 Å². The molecule has 0 aliphatic carbocycles. The molecule has 0 spiro atoms. The largest absolute Gasteiger partial charge is 0.444 e. The molecule has 3 fully saturated rings. The molecule has 3 heterocycles. The highest BCUT2D eigenvalue weighted by molar-refractivity contribution is 5.68. The molecule has 2 aromatic carbocycles. The van der Waals surface area contributed by atoms with Gasteiger partial charge in [-0.3, -0.25) is 14.7 Å². The van der Waals surface area contributed by atoms with E-state index >= 15 is 0 Å². The topological polar surface area (TPSA) is 39.3 Å². The van der Waals surface area contributed by atoms with E-state index in [0.29, 0.717) is 12.1 Å². The van der Waals surface area contributed by atoms with Crippen LogP contribution in [0.25, 0.3) is 0 Å². The molecule has 6 nitrogen and oxygen atoms in total. The second kappa shape index (κ2) is 14.3. The maximum Gasteiger partial charge on any atom is 0.410 e. The van der Waals surface area contributed by atoms with Crippen molar-refractivity contribution in [2.75, 3.05) is 45.8 Å². The Morgan fingerprint density at radius 3 is 1.90 bits per heavy atom. The minimum atomic E-state index is -0.431. The number of carbonyl (C=O) groups is 1. The molecule has 5 rings (SSSR count). The Morgan fingerprint density at radius 1 is 0.795 bits per heavy atom. The predicted octanol–water partition coefficient (Wildman–Crippen LogP) is 5.74. The number of amides is 1. The van der Waals surface area contributed by atoms with Crippen LogP contribution in [0.5, 0.6) is 0 Å². The zero-order valence-corrected chi connectivity index (χ0v) is 24.7. The summed E-state index contributed by atoms with van der Waals surface area (Å²) in [7, 11) is 0. The van der Waals surface area contributed by atoms with Crippen LogP contribution in [0.2, 0.25) is 0 Å². The maximum absolute atomic E-state index is 12.7. The van der Waals surface area contributed by atoms with E-state index in [1.54, 1.807) is 0 Å². The third kappa shape index (κ3) is 9.06. The molecule has 3 atom stereocenters. The molecule has 0 radical (unpaired) electrons. The number of hydrogen-bond acceptors (Lipinski definition) is 5. The van der Waals surface area contributed by atoms with Crippen molar-refractivity contribution >= 4 is 6.09 Å². The van der Waals surface area contributed by atoms with Crippen LogP contribution < -0.4 is 0 Å². The number of piperazine rings is 1. The van der Waals surface area contributed by atoms with Crippen molar-refractivity contribution in [1.29, 1.82) is 0 Å². The molecule has 3 saturated heterocycles. The standard InChI is InChI=1S/C27H44N4O2.C6H6/c1-5-23-19-24(12-14-31(23)26(32)33-27(2,3)4)29-15-17-30(18-16-29)25-11-13-28(21-25)20-22-9-7-6-8-10-22;1-2-4-6-5-3-1/h6-10,23-25H,5,11-21H2,1-4H3;1-6H. The molecule has 0 saturated carbocycles. The fourth-order valence-electron chi connectivity index (χ4n) is 6.26. The van der Waals surface area contributed by atoms with E-state index in [0.717, 1.165) is 45.4 Å². The smallest absolute Gasteiger partial charge is 0.410 e. The number of nitrogens with zero attached hydrogens (tertiary/aromatic N) is 4. The molecule has 3 aliphatic rings. The molecule has 214 valence electrons. The Labute approximate surface area is 236 Å². The van der Waals surface area contributed by atoms with E-state index in [4.69, 9.17) is 4.74 Å². The minimum Gasteiger partial charge on any atom is -0.444 e. The molecule has 0 bridgehead atoms. The van der Waals surface area contributed by atoms with Crippen molar-refractivity contribution < 1.29 is 9.53 Å². The SMILES string of the molecule is CCC1CC(N2CCN(C3CCN(Cc4ccccc4)C3)CC2)CCN1C(=O)OC(C)(C)C.c1ccccc1. The van der Waals surface area contributed by atoms with Gasteiger partial charge in [0, 0.05) is 70.5 Å². The van der Waals surface area contributed by atoms with Gasteiger partial charge in [-0.1, -0.05) is 73.7 Å². The fourth-order valence-corrected chi connectivity index (χ4v) is 6.26. The van der Waals surface area contributed by atoms with E-state index in [1.807, 2.05) is 62.1 Å². The first-order valence-electron chi connectivity index (χ1n) is 15.1. The van der Waals surface area contributed by atoms with Crippen molar-refractivity contribution in [2.24, 2.45) is 0 Å². The summed E-state index contributed by atoms with van der Waals surface area (Å²) in [6.07, 6.45) is 4.28. The molecule has 1 amide bonds. The number of likely N-dealkylation sites (tertiary alicyclic amines) is 2. The van der Waals surface area contributed by atoms with E-state index < -0.39 is 5.60 Å². The lowest BCUT2D eigenvalue weighted by atomic mass is 9.94. The van der Waals surface area contributed by atoms with Gasteiger partial charge in [0.1, 0.15) is 5.60 Å². The summed E-state index contributed by atoms with van der Waals surface area (Å²) < 4.78 is 5.67. The van der Waals surface area contributed by atoms with Gasteiger partial charge >= 0.3 is 6.09 Å². The van der Waals surface area contributed by atoms with Gasteiger partial charge in [-0.15, -0.1) is 0 Å². The van der Waals surface area contributed by atoms with Crippen molar-refractivity contribution in [3.63, 3.8) is 0 Å². The summed E-state index contributed by atoms with van der Waals surface area (Å²) in [6.45, 7) is 17.0. The second-order valence-electron chi connectivity index (χ2n) is 12.3. The van der Waals surface area contributed by atoms with Crippen LogP contribution in [0.3, 0.4) is 0 Å². The number of benzene rings is 2. The summed E-state index contributed by atoms with van der Waals surface area (Å²) in [6, 6.07) is 24.4. The Bertz CT molecular complexity index is 945. The average Bonchev–Trinajstić information content (AvgIpc) is 3.42. The predicted molar refractivity (Wildman–Crippen MR) is 160 cm³/mol. The Kier molecular flexibility index (Phi) is 10.8. The first-order chi connectivity index (χ1) is 18.8. The van der Waals surface area contributed by atoms with Gasteiger partial charge < -0.3 is 9.64 Å². The Balaban J connectivity index is 0.000000519. The van der Waals surface area contributed by atoms with Gasteiger partial charge in [0.2, 0.25) is 0 Å². The van der Waals surface area contributed by atoms with Crippen LogP contribution in [-0.4, -0.2) is 95.2 Å². The quantitative estimate of drug-likeness (QED) is 0.489. The summed E-state index contributed by atoms with van der Waals surface area (Å²) in [5.74, 6) is 0. The van der Waals surface area contributed by atoms with Gasteiger partial charge in [-0.2, -0.15) is 0 Å². The summed E-state index contributed by atoms with van der Waals surface area (Å²) in [5, 5.41) is 0. The van der Waals surface area contributed by atoms with Crippen molar-refractivity contribution in [3.05, 3.63) is 72.3 Å². The number of rotatable bonds is 5. The van der Waals surface area contributed by atoms with Crippen molar-refractivity contribution in [3.8, 4) is 0 Å². The van der Waals surface area contributed by atoms with Crippen molar-refractivity contribution in [2.45, 2.75) is 83.6 Å². The summed E-state index contributed by atoms with van der Waals surface area (Å²) in [5.41, 5.74) is 0.991. The lowest BCUT2D eigenvalue weighted by Gasteiger charge is -2.46. The van der Waals surface area contributed by atoms with Crippen LogP contribution in [0, 0.1) is 0 Å².